The lowest BCUT2D eigenvalue weighted by atomic mass is 10.0. The zero-order chi connectivity index (χ0) is 25.4. The summed E-state index contributed by atoms with van der Waals surface area (Å²) in [6.07, 6.45) is 0. The molecule has 1 atom stereocenters. The third-order valence-electron chi connectivity index (χ3n) is 5.20. The van der Waals surface area contributed by atoms with Crippen LogP contribution in [0.5, 0.6) is 5.75 Å². The number of methoxy groups -OCH3 is 1. The maximum atomic E-state index is 12.8. The maximum absolute atomic E-state index is 12.8. The fraction of sp³-hybridized carbons (Fsp3) is 0.231. The van der Waals surface area contributed by atoms with E-state index in [-0.39, 0.29) is 4.90 Å². The Labute approximate surface area is 205 Å². The zero-order valence-electron chi connectivity index (χ0n) is 19.7. The van der Waals surface area contributed by atoms with Crippen molar-refractivity contribution in [2.75, 3.05) is 19.0 Å². The van der Waals surface area contributed by atoms with Crippen LogP contribution < -0.4 is 14.8 Å². The minimum absolute atomic E-state index is 0.0213. The van der Waals surface area contributed by atoms with E-state index in [2.05, 4.69) is 10.0 Å². The Hall–Kier alpha value is -3.69. The summed E-state index contributed by atoms with van der Waals surface area (Å²) in [7, 11) is -2.53. The highest BCUT2D eigenvalue weighted by Gasteiger charge is 2.30. The van der Waals surface area contributed by atoms with Gasteiger partial charge in [-0.2, -0.15) is 4.72 Å². The molecule has 0 saturated carbocycles. The van der Waals surface area contributed by atoms with Gasteiger partial charge < -0.3 is 14.8 Å². The molecule has 0 bridgehead atoms. The third kappa shape index (κ3) is 6.91. The van der Waals surface area contributed by atoms with Crippen LogP contribution in [0.3, 0.4) is 0 Å². The number of hydrogen-bond donors (Lipinski definition) is 2. The molecule has 3 aromatic rings. The molecule has 8 nitrogen and oxygen atoms in total. The number of nitrogens with one attached hydrogen (secondary N) is 2. The standard InChI is InChI=1S/C26H28N2O6S/c1-18(2)25(28-35(31,32)21-15-13-20(33-3)14-16-21)26(30)34-17-24(29)27-23-12-8-7-11-22(23)19-9-5-4-6-10-19/h4-16,18,25,28H,17H2,1-3H3,(H,27,29)/t25-/m0/s1. The van der Waals surface area contributed by atoms with Crippen molar-refractivity contribution in [3.63, 3.8) is 0 Å². The van der Waals surface area contributed by atoms with Gasteiger partial charge >= 0.3 is 5.97 Å². The average molecular weight is 497 g/mol. The number of esters is 1. The van der Waals surface area contributed by atoms with E-state index >= 15 is 0 Å². The minimum atomic E-state index is -4.00. The largest absolute Gasteiger partial charge is 0.497 e. The van der Waals surface area contributed by atoms with Gasteiger partial charge in [-0.25, -0.2) is 8.42 Å². The van der Waals surface area contributed by atoms with Gasteiger partial charge in [-0.15, -0.1) is 0 Å². The quantitative estimate of drug-likeness (QED) is 0.413. The van der Waals surface area contributed by atoms with Crippen LogP contribution in [0.15, 0.2) is 83.8 Å². The molecule has 0 aliphatic heterocycles. The van der Waals surface area contributed by atoms with Gasteiger partial charge in [0, 0.05) is 11.3 Å². The first-order chi connectivity index (χ1) is 16.7. The van der Waals surface area contributed by atoms with Crippen LogP contribution in [0.4, 0.5) is 5.69 Å². The average Bonchev–Trinajstić information content (AvgIpc) is 2.86. The molecule has 2 N–H and O–H groups in total. The molecule has 0 radical (unpaired) electrons. The third-order valence-corrected chi connectivity index (χ3v) is 6.66. The molecular formula is C26H28N2O6S. The lowest BCUT2D eigenvalue weighted by Crippen LogP contribution is -2.45. The summed E-state index contributed by atoms with van der Waals surface area (Å²) in [4.78, 5) is 25.2. The molecule has 0 aromatic heterocycles. The molecule has 3 aromatic carbocycles. The predicted molar refractivity (Wildman–Crippen MR) is 133 cm³/mol. The Morgan fingerprint density at radius 1 is 0.886 bits per heavy atom. The first-order valence-corrected chi connectivity index (χ1v) is 12.5. The molecule has 0 aliphatic carbocycles. The van der Waals surface area contributed by atoms with Crippen LogP contribution >= 0.6 is 0 Å². The van der Waals surface area contributed by atoms with E-state index in [1.807, 2.05) is 42.5 Å². The van der Waals surface area contributed by atoms with Crippen molar-refractivity contribution in [1.29, 1.82) is 0 Å². The van der Waals surface area contributed by atoms with E-state index < -0.39 is 40.5 Å². The van der Waals surface area contributed by atoms with E-state index in [4.69, 9.17) is 9.47 Å². The first-order valence-electron chi connectivity index (χ1n) is 11.0. The summed E-state index contributed by atoms with van der Waals surface area (Å²) < 4.78 is 38.1. The van der Waals surface area contributed by atoms with Gasteiger partial charge in [0.2, 0.25) is 10.0 Å². The molecule has 0 aliphatic rings. The molecule has 0 spiro atoms. The zero-order valence-corrected chi connectivity index (χ0v) is 20.5. The van der Waals surface area contributed by atoms with Gasteiger partial charge in [0.15, 0.2) is 6.61 Å². The van der Waals surface area contributed by atoms with Gasteiger partial charge in [0.25, 0.3) is 5.91 Å². The highest BCUT2D eigenvalue weighted by molar-refractivity contribution is 7.89. The van der Waals surface area contributed by atoms with Crippen LogP contribution in [0.1, 0.15) is 13.8 Å². The second kappa shape index (κ2) is 11.6. The highest BCUT2D eigenvalue weighted by atomic mass is 32.2. The van der Waals surface area contributed by atoms with E-state index in [9.17, 15) is 18.0 Å². The number of hydrogen-bond acceptors (Lipinski definition) is 6. The maximum Gasteiger partial charge on any atom is 0.324 e. The van der Waals surface area contributed by atoms with Crippen LogP contribution in [-0.4, -0.2) is 40.1 Å². The summed E-state index contributed by atoms with van der Waals surface area (Å²) in [6.45, 7) is 2.80. The summed E-state index contributed by atoms with van der Waals surface area (Å²) in [6, 6.07) is 21.4. The van der Waals surface area contributed by atoms with Crippen molar-refractivity contribution >= 4 is 27.6 Å². The van der Waals surface area contributed by atoms with Crippen molar-refractivity contribution in [2.24, 2.45) is 5.92 Å². The molecule has 0 fully saturated rings. The van der Waals surface area contributed by atoms with Crippen LogP contribution in [-0.2, 0) is 24.3 Å². The fourth-order valence-corrected chi connectivity index (χ4v) is 4.65. The topological polar surface area (TPSA) is 111 Å². The first kappa shape index (κ1) is 25.9. The molecule has 0 heterocycles. The molecule has 184 valence electrons. The number of benzene rings is 3. The normalized spacial score (nSPS) is 12.1. The molecule has 9 heteroatoms. The van der Waals surface area contributed by atoms with Crippen molar-refractivity contribution in [3.05, 3.63) is 78.9 Å². The summed E-state index contributed by atoms with van der Waals surface area (Å²) in [5.74, 6) is -1.30. The second-order valence-corrected chi connectivity index (χ2v) is 9.80. The summed E-state index contributed by atoms with van der Waals surface area (Å²) >= 11 is 0. The molecule has 3 rings (SSSR count). The van der Waals surface area contributed by atoms with Crippen LogP contribution in [0.25, 0.3) is 11.1 Å². The SMILES string of the molecule is COc1ccc(S(=O)(=O)N[C@H](C(=O)OCC(=O)Nc2ccccc2-c2ccccc2)C(C)C)cc1. The lowest BCUT2D eigenvalue weighted by molar-refractivity contribution is -0.150. The Morgan fingerprint density at radius 3 is 2.14 bits per heavy atom. The van der Waals surface area contributed by atoms with Gasteiger partial charge in [-0.3, -0.25) is 9.59 Å². The molecule has 0 saturated heterocycles. The number of rotatable bonds is 10. The van der Waals surface area contributed by atoms with Gasteiger partial charge in [0.05, 0.1) is 12.0 Å². The van der Waals surface area contributed by atoms with Gasteiger partial charge in [0.1, 0.15) is 11.8 Å². The number of carbonyl (C=O) groups excluding carboxylic acids is 2. The number of carbonyl (C=O) groups is 2. The second-order valence-electron chi connectivity index (χ2n) is 8.09. The number of sulfonamides is 1. The van der Waals surface area contributed by atoms with E-state index in [0.717, 1.165) is 11.1 Å². The smallest absolute Gasteiger partial charge is 0.324 e. The number of para-hydroxylation sites is 1. The molecule has 0 unspecified atom stereocenters. The predicted octanol–water partition coefficient (Wildman–Crippen LogP) is 3.85. The van der Waals surface area contributed by atoms with Crippen LogP contribution in [0.2, 0.25) is 0 Å². The minimum Gasteiger partial charge on any atom is -0.497 e. The summed E-state index contributed by atoms with van der Waals surface area (Å²) in [5, 5.41) is 2.75. The monoisotopic (exact) mass is 496 g/mol. The van der Waals surface area contributed by atoms with Gasteiger partial charge in [-0.05, 0) is 41.8 Å². The number of amides is 1. The Kier molecular flexibility index (Phi) is 8.62. The van der Waals surface area contributed by atoms with E-state index in [1.165, 1.54) is 31.4 Å². The van der Waals surface area contributed by atoms with Crippen molar-refractivity contribution < 1.29 is 27.5 Å². The highest BCUT2D eigenvalue weighted by Crippen LogP contribution is 2.27. The number of ether oxygens (including phenoxy) is 2. The van der Waals surface area contributed by atoms with E-state index in [0.29, 0.717) is 11.4 Å². The Balaban J connectivity index is 1.64. The molecule has 35 heavy (non-hydrogen) atoms. The van der Waals surface area contributed by atoms with Crippen molar-refractivity contribution in [1.82, 2.24) is 4.72 Å². The Bertz CT molecular complexity index is 1260. The van der Waals surface area contributed by atoms with Crippen LogP contribution in [0, 0.1) is 5.92 Å². The van der Waals surface area contributed by atoms with Crippen molar-refractivity contribution in [3.8, 4) is 16.9 Å². The molecular weight excluding hydrogens is 468 g/mol. The number of anilines is 1. The summed E-state index contributed by atoms with van der Waals surface area (Å²) in [5.41, 5.74) is 2.31. The molecule has 1 amide bonds. The lowest BCUT2D eigenvalue weighted by Gasteiger charge is -2.21. The fourth-order valence-electron chi connectivity index (χ4n) is 3.32. The Morgan fingerprint density at radius 2 is 1.51 bits per heavy atom. The van der Waals surface area contributed by atoms with E-state index in [1.54, 1.807) is 26.0 Å². The van der Waals surface area contributed by atoms with Crippen molar-refractivity contribution in [2.45, 2.75) is 24.8 Å². The van der Waals surface area contributed by atoms with Gasteiger partial charge in [-0.1, -0.05) is 62.4 Å².